The Morgan fingerprint density at radius 1 is 1.10 bits per heavy atom. The van der Waals surface area contributed by atoms with Gasteiger partial charge in [-0.3, -0.25) is 0 Å². The number of rotatable bonds is 3. The molecule has 0 saturated carbocycles. The van der Waals surface area contributed by atoms with E-state index < -0.39 is 12.0 Å². The van der Waals surface area contributed by atoms with Gasteiger partial charge in [0.2, 0.25) is 0 Å². The highest BCUT2D eigenvalue weighted by Gasteiger charge is 2.08. The third-order valence-corrected chi connectivity index (χ3v) is 3.07. The predicted molar refractivity (Wildman–Crippen MR) is 82.2 cm³/mol. The van der Waals surface area contributed by atoms with E-state index in [9.17, 15) is 9.59 Å². The number of halogens is 1. The third-order valence-electron chi connectivity index (χ3n) is 2.74. The van der Waals surface area contributed by atoms with Gasteiger partial charge < -0.3 is 15.7 Å². The van der Waals surface area contributed by atoms with Gasteiger partial charge in [-0.2, -0.15) is 0 Å². The second kappa shape index (κ2) is 6.28. The van der Waals surface area contributed by atoms with Gasteiger partial charge in [0.05, 0.1) is 16.3 Å². The van der Waals surface area contributed by atoms with Crippen LogP contribution in [0.2, 0.25) is 5.02 Å². The summed E-state index contributed by atoms with van der Waals surface area (Å²) in [6.45, 7) is 1.88. The lowest BCUT2D eigenvalue weighted by Gasteiger charge is -2.10. The van der Waals surface area contributed by atoms with Gasteiger partial charge in [0.25, 0.3) is 0 Å². The number of urea groups is 1. The maximum absolute atomic E-state index is 11.9. The zero-order valence-corrected chi connectivity index (χ0v) is 11.9. The van der Waals surface area contributed by atoms with Crippen LogP contribution in [0.25, 0.3) is 0 Å². The molecule has 0 radical (unpaired) electrons. The largest absolute Gasteiger partial charge is 0.478 e. The summed E-state index contributed by atoms with van der Waals surface area (Å²) in [6, 6.07) is 10.8. The van der Waals surface area contributed by atoms with Gasteiger partial charge in [-0.25, -0.2) is 9.59 Å². The lowest BCUT2D eigenvalue weighted by Crippen LogP contribution is -2.19. The van der Waals surface area contributed by atoms with Gasteiger partial charge in [0.1, 0.15) is 0 Å². The van der Waals surface area contributed by atoms with Crippen LogP contribution in [0.1, 0.15) is 15.9 Å². The van der Waals surface area contributed by atoms with E-state index in [0.717, 1.165) is 5.56 Å². The van der Waals surface area contributed by atoms with E-state index in [-0.39, 0.29) is 5.56 Å². The standard InChI is InChI=1S/C15H13ClN2O3/c1-9-5-6-12(16)13(7-9)18-15(21)17-11-4-2-3-10(8-11)14(19)20/h2-8H,1H3,(H,19,20)(H2,17,18,21). The van der Waals surface area contributed by atoms with Crippen molar-refractivity contribution in [3.63, 3.8) is 0 Å². The molecule has 108 valence electrons. The monoisotopic (exact) mass is 304 g/mol. The number of benzene rings is 2. The molecule has 3 N–H and O–H groups in total. The lowest BCUT2D eigenvalue weighted by atomic mass is 10.2. The van der Waals surface area contributed by atoms with Gasteiger partial charge >= 0.3 is 12.0 Å². The first-order chi connectivity index (χ1) is 9.95. The first kappa shape index (κ1) is 14.9. The number of aromatic carboxylic acids is 1. The number of carbonyl (C=O) groups is 2. The molecule has 5 nitrogen and oxygen atoms in total. The molecule has 0 spiro atoms. The van der Waals surface area contributed by atoms with Crippen LogP contribution in [0.4, 0.5) is 16.2 Å². The van der Waals surface area contributed by atoms with Crippen LogP contribution in [0.5, 0.6) is 0 Å². The summed E-state index contributed by atoms with van der Waals surface area (Å²) in [4.78, 5) is 22.8. The van der Waals surface area contributed by atoms with Crippen molar-refractivity contribution in [1.82, 2.24) is 0 Å². The highest BCUT2D eigenvalue weighted by Crippen LogP contribution is 2.23. The fourth-order valence-electron chi connectivity index (χ4n) is 1.75. The summed E-state index contributed by atoms with van der Waals surface area (Å²) in [5.41, 5.74) is 1.93. The number of anilines is 2. The first-order valence-corrected chi connectivity index (χ1v) is 6.51. The van der Waals surface area contributed by atoms with Crippen LogP contribution in [0.15, 0.2) is 42.5 Å². The number of carboxylic acids is 1. The summed E-state index contributed by atoms with van der Waals surface area (Å²) >= 11 is 5.99. The van der Waals surface area contributed by atoms with E-state index in [1.807, 2.05) is 13.0 Å². The van der Waals surface area contributed by atoms with Crippen molar-refractivity contribution >= 4 is 35.0 Å². The normalized spacial score (nSPS) is 10.0. The fraction of sp³-hybridized carbons (Fsp3) is 0.0667. The highest BCUT2D eigenvalue weighted by atomic mass is 35.5. The Labute approximate surface area is 126 Å². The maximum atomic E-state index is 11.9. The molecule has 0 unspecified atom stereocenters. The number of hydrogen-bond donors (Lipinski definition) is 3. The molecular formula is C15H13ClN2O3. The van der Waals surface area contributed by atoms with Crippen molar-refractivity contribution in [3.8, 4) is 0 Å². The topological polar surface area (TPSA) is 78.4 Å². The molecule has 2 aromatic carbocycles. The van der Waals surface area contributed by atoms with Gasteiger partial charge in [-0.1, -0.05) is 23.7 Å². The van der Waals surface area contributed by atoms with Crippen LogP contribution in [0, 0.1) is 6.92 Å². The SMILES string of the molecule is Cc1ccc(Cl)c(NC(=O)Nc2cccc(C(=O)O)c2)c1. The number of carbonyl (C=O) groups excluding carboxylic acids is 1. The summed E-state index contributed by atoms with van der Waals surface area (Å²) < 4.78 is 0. The van der Waals surface area contributed by atoms with Crippen LogP contribution in [0.3, 0.4) is 0 Å². The molecule has 2 rings (SSSR count). The lowest BCUT2D eigenvalue weighted by molar-refractivity contribution is 0.0697. The van der Waals surface area contributed by atoms with E-state index in [4.69, 9.17) is 16.7 Å². The molecule has 0 bridgehead atoms. The fourth-order valence-corrected chi connectivity index (χ4v) is 1.91. The predicted octanol–water partition coefficient (Wildman–Crippen LogP) is 3.99. The van der Waals surface area contributed by atoms with E-state index in [1.54, 1.807) is 24.3 Å². The maximum Gasteiger partial charge on any atom is 0.335 e. The molecule has 0 aliphatic carbocycles. The van der Waals surface area contributed by atoms with Crippen molar-refractivity contribution in [2.45, 2.75) is 6.92 Å². The van der Waals surface area contributed by atoms with Crippen molar-refractivity contribution in [2.24, 2.45) is 0 Å². The second-order valence-corrected chi connectivity index (χ2v) is 4.86. The molecule has 2 aromatic rings. The van der Waals surface area contributed by atoms with Crippen molar-refractivity contribution < 1.29 is 14.7 Å². The molecule has 0 fully saturated rings. The summed E-state index contributed by atoms with van der Waals surface area (Å²) in [7, 11) is 0. The van der Waals surface area contributed by atoms with E-state index in [1.165, 1.54) is 12.1 Å². The number of amides is 2. The van der Waals surface area contributed by atoms with Gasteiger partial charge in [-0.15, -0.1) is 0 Å². The molecule has 0 saturated heterocycles. The van der Waals surface area contributed by atoms with Crippen LogP contribution < -0.4 is 10.6 Å². The van der Waals surface area contributed by atoms with Crippen LogP contribution in [-0.2, 0) is 0 Å². The molecule has 6 heteroatoms. The highest BCUT2D eigenvalue weighted by molar-refractivity contribution is 6.33. The summed E-state index contributed by atoms with van der Waals surface area (Å²) in [5.74, 6) is -1.05. The molecule has 0 aliphatic heterocycles. The molecule has 0 heterocycles. The molecular weight excluding hydrogens is 292 g/mol. The zero-order chi connectivity index (χ0) is 15.4. The summed E-state index contributed by atoms with van der Waals surface area (Å²) in [5, 5.41) is 14.5. The number of hydrogen-bond acceptors (Lipinski definition) is 2. The van der Waals surface area contributed by atoms with Gasteiger partial charge in [0, 0.05) is 5.69 Å². The Morgan fingerprint density at radius 2 is 1.86 bits per heavy atom. The zero-order valence-electron chi connectivity index (χ0n) is 11.2. The van der Waals surface area contributed by atoms with Gasteiger partial charge in [0.15, 0.2) is 0 Å². The average Bonchev–Trinajstić information content (AvgIpc) is 2.43. The number of carboxylic acid groups (broad SMARTS) is 1. The Morgan fingerprint density at radius 3 is 2.57 bits per heavy atom. The molecule has 0 atom stereocenters. The van der Waals surface area contributed by atoms with Crippen molar-refractivity contribution in [3.05, 3.63) is 58.6 Å². The van der Waals surface area contributed by atoms with E-state index in [2.05, 4.69) is 10.6 Å². The minimum Gasteiger partial charge on any atom is -0.478 e. The second-order valence-electron chi connectivity index (χ2n) is 4.45. The molecule has 2 amide bonds. The molecule has 0 aliphatic rings. The Bertz CT molecular complexity index is 701. The van der Waals surface area contributed by atoms with Gasteiger partial charge in [-0.05, 0) is 42.8 Å². The Kier molecular flexibility index (Phi) is 4.45. The molecule has 0 aromatic heterocycles. The van der Waals surface area contributed by atoms with Crippen molar-refractivity contribution in [2.75, 3.05) is 10.6 Å². The Balaban J connectivity index is 2.10. The minimum atomic E-state index is -1.05. The third kappa shape index (κ3) is 3.97. The first-order valence-electron chi connectivity index (χ1n) is 6.13. The van der Waals surface area contributed by atoms with Crippen molar-refractivity contribution in [1.29, 1.82) is 0 Å². The quantitative estimate of drug-likeness (QED) is 0.802. The van der Waals surface area contributed by atoms with E-state index >= 15 is 0 Å². The number of aryl methyl sites for hydroxylation is 1. The summed E-state index contributed by atoms with van der Waals surface area (Å²) in [6.07, 6.45) is 0. The van der Waals surface area contributed by atoms with E-state index in [0.29, 0.717) is 16.4 Å². The van der Waals surface area contributed by atoms with Crippen LogP contribution in [-0.4, -0.2) is 17.1 Å². The van der Waals surface area contributed by atoms with Crippen LogP contribution >= 0.6 is 11.6 Å². The molecule has 21 heavy (non-hydrogen) atoms. The minimum absolute atomic E-state index is 0.0985. The number of nitrogens with one attached hydrogen (secondary N) is 2. The Hall–Kier alpha value is -2.53. The average molecular weight is 305 g/mol. The smallest absolute Gasteiger partial charge is 0.335 e.